The van der Waals surface area contributed by atoms with Gasteiger partial charge in [-0.1, -0.05) is 6.92 Å². The highest BCUT2D eigenvalue weighted by Crippen LogP contribution is 2.18. The molecule has 0 fully saturated rings. The summed E-state index contributed by atoms with van der Waals surface area (Å²) in [6.07, 6.45) is 2.45. The van der Waals surface area contributed by atoms with E-state index in [0.29, 0.717) is 31.2 Å². The molecule has 0 spiro atoms. The topological polar surface area (TPSA) is 62.6 Å². The Kier molecular flexibility index (Phi) is 6.38. The van der Waals surface area contributed by atoms with Crippen molar-refractivity contribution in [2.45, 2.75) is 19.9 Å². The van der Waals surface area contributed by atoms with Crippen molar-refractivity contribution in [3.05, 3.63) is 11.9 Å². The van der Waals surface area contributed by atoms with Gasteiger partial charge >= 0.3 is 0 Å². The van der Waals surface area contributed by atoms with Crippen LogP contribution in [0.5, 0.6) is 5.75 Å². The molecule has 0 aliphatic carbocycles. The van der Waals surface area contributed by atoms with Gasteiger partial charge < -0.3 is 14.2 Å². The lowest BCUT2D eigenvalue weighted by Gasteiger charge is -2.07. The fraction of sp³-hybridized carbons (Fsp3) is 0.667. The normalized spacial score (nSPS) is 10.6. The molecule has 0 amide bonds. The molecule has 102 valence electrons. The van der Waals surface area contributed by atoms with Crippen LogP contribution in [0.1, 0.15) is 23.8 Å². The van der Waals surface area contributed by atoms with Crippen LogP contribution < -0.4 is 4.74 Å². The molecule has 0 aromatic carbocycles. The second-order valence-electron chi connectivity index (χ2n) is 3.75. The van der Waals surface area contributed by atoms with E-state index in [2.05, 4.69) is 5.10 Å². The molecule has 0 saturated heterocycles. The van der Waals surface area contributed by atoms with Crippen LogP contribution in [0.25, 0.3) is 0 Å². The highest BCUT2D eigenvalue weighted by molar-refractivity contribution is 5.98. The number of ether oxygens (including phenoxy) is 3. The molecule has 0 aliphatic rings. The number of aryl methyl sites for hydroxylation is 1. The molecule has 0 aliphatic heterocycles. The summed E-state index contributed by atoms with van der Waals surface area (Å²) < 4.78 is 16.9. The number of rotatable bonds is 9. The fourth-order valence-electron chi connectivity index (χ4n) is 1.56. The highest BCUT2D eigenvalue weighted by atomic mass is 16.5. The Bertz CT molecular complexity index is 376. The summed E-state index contributed by atoms with van der Waals surface area (Å²) in [6, 6.07) is 0. The maximum Gasteiger partial charge on any atom is 0.210 e. The molecule has 0 N–H and O–H groups in total. The maximum atomic E-state index is 12.0. The van der Waals surface area contributed by atoms with Gasteiger partial charge in [0.1, 0.15) is 12.3 Å². The lowest BCUT2D eigenvalue weighted by molar-refractivity contribution is 0.0567. The molecule has 1 rings (SSSR count). The molecule has 18 heavy (non-hydrogen) atoms. The highest BCUT2D eigenvalue weighted by Gasteiger charge is 2.18. The van der Waals surface area contributed by atoms with Gasteiger partial charge in [0.25, 0.3) is 0 Å². The van der Waals surface area contributed by atoms with E-state index >= 15 is 0 Å². The van der Waals surface area contributed by atoms with E-state index in [0.717, 1.165) is 6.42 Å². The van der Waals surface area contributed by atoms with E-state index in [1.807, 2.05) is 6.92 Å². The Hall–Kier alpha value is -1.40. The van der Waals surface area contributed by atoms with Crippen molar-refractivity contribution in [2.24, 2.45) is 0 Å². The molecule has 0 atom stereocenters. The summed E-state index contributed by atoms with van der Waals surface area (Å²) in [5.74, 6) is 0.359. The number of methoxy groups -OCH3 is 2. The lowest BCUT2D eigenvalue weighted by Crippen LogP contribution is -2.17. The molecule has 0 bridgehead atoms. The van der Waals surface area contributed by atoms with Crippen molar-refractivity contribution in [3.8, 4) is 5.75 Å². The first-order valence-corrected chi connectivity index (χ1v) is 5.94. The number of hydrogen-bond acceptors (Lipinski definition) is 5. The molecule has 1 heterocycles. The van der Waals surface area contributed by atoms with Gasteiger partial charge in [-0.15, -0.1) is 0 Å². The molecular formula is C12H20N2O4. The molecule has 6 nitrogen and oxygen atoms in total. The van der Waals surface area contributed by atoms with Gasteiger partial charge in [-0.3, -0.25) is 9.48 Å². The van der Waals surface area contributed by atoms with Gasteiger partial charge in [-0.25, -0.2) is 0 Å². The number of carbonyl (C=O) groups excluding carboxylic acids is 1. The minimum atomic E-state index is -0.131. The minimum Gasteiger partial charge on any atom is -0.493 e. The zero-order valence-corrected chi connectivity index (χ0v) is 11.1. The number of carbonyl (C=O) groups is 1. The Labute approximate surface area is 107 Å². The minimum absolute atomic E-state index is 0.00906. The number of Topliss-reactive ketones (excluding diaryl/α,β-unsaturated/α-hetero) is 1. The molecule has 1 aromatic heterocycles. The van der Waals surface area contributed by atoms with Crippen molar-refractivity contribution in [1.82, 2.24) is 9.78 Å². The van der Waals surface area contributed by atoms with Gasteiger partial charge in [0.05, 0.1) is 26.5 Å². The zero-order chi connectivity index (χ0) is 13.4. The Balaban J connectivity index is 2.67. The van der Waals surface area contributed by atoms with Gasteiger partial charge in [-0.2, -0.15) is 5.10 Å². The van der Waals surface area contributed by atoms with Crippen LogP contribution in [0.3, 0.4) is 0 Å². The van der Waals surface area contributed by atoms with Crippen molar-refractivity contribution < 1.29 is 19.0 Å². The predicted octanol–water partition coefficient (Wildman–Crippen LogP) is 1.15. The van der Waals surface area contributed by atoms with Crippen LogP contribution in [0.4, 0.5) is 0 Å². The smallest absolute Gasteiger partial charge is 0.210 e. The van der Waals surface area contributed by atoms with Gasteiger partial charge in [0.15, 0.2) is 5.75 Å². The molecule has 6 heteroatoms. The molecule has 0 saturated carbocycles. The summed E-state index contributed by atoms with van der Waals surface area (Å²) in [7, 11) is 3.11. The average Bonchev–Trinajstić information content (AvgIpc) is 2.78. The second-order valence-corrected chi connectivity index (χ2v) is 3.75. The van der Waals surface area contributed by atoms with Crippen LogP contribution in [-0.2, 0) is 16.0 Å². The van der Waals surface area contributed by atoms with E-state index in [1.165, 1.54) is 7.11 Å². The number of aromatic nitrogens is 2. The van der Waals surface area contributed by atoms with E-state index in [9.17, 15) is 4.79 Å². The SMILES string of the molecule is CCCn1ncc(OC)c1C(=O)COCCOC. The Morgan fingerprint density at radius 3 is 2.78 bits per heavy atom. The van der Waals surface area contributed by atoms with Crippen LogP contribution in [0, 0.1) is 0 Å². The van der Waals surface area contributed by atoms with E-state index in [4.69, 9.17) is 14.2 Å². The third-order valence-electron chi connectivity index (χ3n) is 2.39. The number of nitrogens with zero attached hydrogens (tertiary/aromatic N) is 2. The van der Waals surface area contributed by atoms with E-state index in [-0.39, 0.29) is 12.4 Å². The average molecular weight is 256 g/mol. The molecule has 0 radical (unpaired) electrons. The van der Waals surface area contributed by atoms with Crippen LogP contribution >= 0.6 is 0 Å². The first-order valence-electron chi connectivity index (χ1n) is 5.94. The van der Waals surface area contributed by atoms with Gasteiger partial charge in [0, 0.05) is 13.7 Å². The summed E-state index contributed by atoms with van der Waals surface area (Å²) >= 11 is 0. The largest absolute Gasteiger partial charge is 0.493 e. The van der Waals surface area contributed by atoms with Crippen molar-refractivity contribution in [2.75, 3.05) is 34.0 Å². The Morgan fingerprint density at radius 1 is 1.39 bits per heavy atom. The monoisotopic (exact) mass is 256 g/mol. The summed E-state index contributed by atoms with van der Waals surface area (Å²) in [5.41, 5.74) is 0.469. The van der Waals surface area contributed by atoms with E-state index < -0.39 is 0 Å². The fourth-order valence-corrected chi connectivity index (χ4v) is 1.56. The molecular weight excluding hydrogens is 236 g/mol. The van der Waals surface area contributed by atoms with Crippen molar-refractivity contribution in [3.63, 3.8) is 0 Å². The van der Waals surface area contributed by atoms with Gasteiger partial charge in [0.2, 0.25) is 5.78 Å². The van der Waals surface area contributed by atoms with Gasteiger partial charge in [-0.05, 0) is 6.42 Å². The van der Waals surface area contributed by atoms with E-state index in [1.54, 1.807) is 18.0 Å². The first kappa shape index (κ1) is 14.7. The van der Waals surface area contributed by atoms with Crippen LogP contribution in [0.2, 0.25) is 0 Å². The second kappa shape index (κ2) is 7.84. The number of ketones is 1. The van der Waals surface area contributed by atoms with Crippen molar-refractivity contribution in [1.29, 1.82) is 0 Å². The Morgan fingerprint density at radius 2 is 2.17 bits per heavy atom. The predicted molar refractivity (Wildman–Crippen MR) is 66.1 cm³/mol. The van der Waals surface area contributed by atoms with Crippen LogP contribution in [0.15, 0.2) is 6.20 Å². The first-order chi connectivity index (χ1) is 8.74. The summed E-state index contributed by atoms with van der Waals surface area (Å²) in [4.78, 5) is 12.0. The lowest BCUT2D eigenvalue weighted by atomic mass is 10.2. The number of hydrogen-bond donors (Lipinski definition) is 0. The van der Waals surface area contributed by atoms with Crippen molar-refractivity contribution >= 4 is 5.78 Å². The maximum absolute atomic E-state index is 12.0. The standard InChI is InChI=1S/C12H20N2O4/c1-4-5-14-12(11(17-3)8-13-14)10(15)9-18-7-6-16-2/h8H,4-7,9H2,1-3H3. The summed E-state index contributed by atoms with van der Waals surface area (Å²) in [5, 5.41) is 4.13. The molecule has 1 aromatic rings. The third kappa shape index (κ3) is 3.82. The zero-order valence-electron chi connectivity index (χ0n) is 11.1. The third-order valence-corrected chi connectivity index (χ3v) is 2.39. The molecule has 0 unspecified atom stereocenters. The summed E-state index contributed by atoms with van der Waals surface area (Å²) in [6.45, 7) is 3.58. The quantitative estimate of drug-likeness (QED) is 0.490. The van der Waals surface area contributed by atoms with Crippen LogP contribution in [-0.4, -0.2) is 49.6 Å².